The highest BCUT2D eigenvalue weighted by atomic mass is 16.5. The van der Waals surface area contributed by atoms with Crippen LogP contribution in [0, 0.1) is 0 Å². The zero-order chi connectivity index (χ0) is 27.6. The maximum absolute atomic E-state index is 13.4. The third-order valence-electron chi connectivity index (χ3n) is 6.16. The van der Waals surface area contributed by atoms with Crippen molar-refractivity contribution >= 4 is 17.8 Å². The molecule has 1 atom stereocenters. The van der Waals surface area contributed by atoms with Crippen LogP contribution in [0.5, 0.6) is 11.5 Å². The lowest BCUT2D eigenvalue weighted by atomic mass is 10.00. The molecule has 0 aromatic heterocycles. The fraction of sp³-hybridized carbons (Fsp3) is 0.483. The summed E-state index contributed by atoms with van der Waals surface area (Å²) in [5.41, 5.74) is 0.875. The molecule has 8 heteroatoms. The van der Waals surface area contributed by atoms with Crippen molar-refractivity contribution in [2.45, 2.75) is 72.4 Å². The van der Waals surface area contributed by atoms with Gasteiger partial charge in [-0.1, -0.05) is 30.3 Å². The normalized spacial score (nSPS) is 11.9. The zero-order valence-electron chi connectivity index (χ0n) is 22.8. The average molecular weight is 513 g/mol. The van der Waals surface area contributed by atoms with Gasteiger partial charge < -0.3 is 24.8 Å². The Labute approximate surface area is 220 Å². The lowest BCUT2D eigenvalue weighted by molar-refractivity contribution is -0.143. The van der Waals surface area contributed by atoms with Crippen LogP contribution in [0.3, 0.4) is 0 Å². The minimum Gasteiger partial charge on any atom is -0.493 e. The summed E-state index contributed by atoms with van der Waals surface area (Å²) in [6, 6.07) is 12.7. The Morgan fingerprint density at radius 1 is 1.00 bits per heavy atom. The molecule has 8 nitrogen and oxygen atoms in total. The summed E-state index contributed by atoms with van der Waals surface area (Å²) >= 11 is 0. The lowest BCUT2D eigenvalue weighted by Crippen LogP contribution is -2.54. The smallest absolute Gasteiger partial charge is 0.328 e. The molecule has 2 N–H and O–H groups in total. The first-order valence-corrected chi connectivity index (χ1v) is 12.8. The molecule has 0 radical (unpaired) electrons. The molecule has 0 bridgehead atoms. The minimum atomic E-state index is -1.44. The summed E-state index contributed by atoms with van der Waals surface area (Å²) in [6.07, 6.45) is 2.46. The molecular weight excluding hydrogens is 472 g/mol. The fourth-order valence-electron chi connectivity index (χ4n) is 4.04. The zero-order valence-corrected chi connectivity index (χ0v) is 22.8. The molecule has 0 heterocycles. The van der Waals surface area contributed by atoms with Gasteiger partial charge in [0.1, 0.15) is 22.6 Å². The molecule has 2 aromatic carbocycles. The summed E-state index contributed by atoms with van der Waals surface area (Å²) in [5, 5.41) is 12.2. The van der Waals surface area contributed by atoms with E-state index in [1.807, 2.05) is 39.0 Å². The molecule has 0 spiro atoms. The van der Waals surface area contributed by atoms with Crippen molar-refractivity contribution in [1.82, 2.24) is 10.2 Å². The quantitative estimate of drug-likeness (QED) is 0.250. The molecule has 2 aromatic rings. The first-order chi connectivity index (χ1) is 17.5. The van der Waals surface area contributed by atoms with E-state index in [-0.39, 0.29) is 5.78 Å². The molecular formula is C29H40N2O6. The van der Waals surface area contributed by atoms with E-state index in [1.54, 1.807) is 17.0 Å². The second kappa shape index (κ2) is 13.7. The number of nitrogens with one attached hydrogen (secondary N) is 1. The lowest BCUT2D eigenvalue weighted by Gasteiger charge is -2.33. The molecule has 1 unspecified atom stereocenters. The Balaban J connectivity index is 2.38. The first kappa shape index (κ1) is 29.7. The number of hydrogen-bond acceptors (Lipinski definition) is 5. The second-order valence-electron chi connectivity index (χ2n) is 9.49. The van der Waals surface area contributed by atoms with Crippen LogP contribution in [0.2, 0.25) is 0 Å². The fourth-order valence-corrected chi connectivity index (χ4v) is 4.04. The van der Waals surface area contributed by atoms with Crippen LogP contribution in [-0.2, 0) is 11.2 Å². The molecule has 0 saturated carbocycles. The van der Waals surface area contributed by atoms with Gasteiger partial charge in [0.15, 0.2) is 5.78 Å². The highest BCUT2D eigenvalue weighted by Crippen LogP contribution is 2.35. The number of aliphatic carboxylic acids is 1. The first-order valence-electron chi connectivity index (χ1n) is 12.8. The molecule has 37 heavy (non-hydrogen) atoms. The molecule has 0 fully saturated rings. The Morgan fingerprint density at radius 2 is 1.57 bits per heavy atom. The number of aryl methyl sites for hydroxylation is 1. The predicted octanol–water partition coefficient (Wildman–Crippen LogP) is 5.65. The van der Waals surface area contributed by atoms with Crippen molar-refractivity contribution in [2.75, 3.05) is 19.8 Å². The van der Waals surface area contributed by atoms with Gasteiger partial charge in [0, 0.05) is 6.54 Å². The van der Waals surface area contributed by atoms with Crippen molar-refractivity contribution in [1.29, 1.82) is 0 Å². The van der Waals surface area contributed by atoms with E-state index in [4.69, 9.17) is 9.47 Å². The topological polar surface area (TPSA) is 105 Å². The number of rotatable bonds is 14. The third-order valence-corrected chi connectivity index (χ3v) is 6.16. The molecule has 0 saturated heterocycles. The highest BCUT2D eigenvalue weighted by Gasteiger charge is 2.33. The van der Waals surface area contributed by atoms with Crippen molar-refractivity contribution in [3.05, 3.63) is 59.2 Å². The standard InChI is InChI=1S/C29H40N2O6/c1-7-36-24-18-23(19-25(37-8-2)26(24)21(4)32)20(3)31(28(35)30-29(5,6)27(33)34)17-13-12-16-22-14-10-9-11-15-22/h9-11,14-15,18-20H,7-8,12-13,16-17H2,1-6H3,(H,30,35)(H,33,34). The van der Waals surface area contributed by atoms with Gasteiger partial charge in [-0.3, -0.25) is 4.79 Å². The number of ketones is 1. The minimum absolute atomic E-state index is 0.176. The van der Waals surface area contributed by atoms with Gasteiger partial charge in [0.25, 0.3) is 0 Å². The van der Waals surface area contributed by atoms with Gasteiger partial charge in [-0.2, -0.15) is 0 Å². The maximum Gasteiger partial charge on any atom is 0.328 e. The predicted molar refractivity (Wildman–Crippen MR) is 144 cm³/mol. The molecule has 0 aliphatic rings. The number of carboxylic acid groups (broad SMARTS) is 1. The number of Topliss-reactive ketones (excluding diaryl/α,β-unsaturated/α-hetero) is 1. The Morgan fingerprint density at radius 3 is 2.05 bits per heavy atom. The van der Waals surface area contributed by atoms with Crippen LogP contribution in [0.4, 0.5) is 4.79 Å². The molecule has 2 rings (SSSR count). The third kappa shape index (κ3) is 8.23. The average Bonchev–Trinajstić information content (AvgIpc) is 2.83. The highest BCUT2D eigenvalue weighted by molar-refractivity contribution is 5.99. The van der Waals surface area contributed by atoms with Crippen LogP contribution < -0.4 is 14.8 Å². The largest absolute Gasteiger partial charge is 0.493 e. The van der Waals surface area contributed by atoms with Gasteiger partial charge >= 0.3 is 12.0 Å². The van der Waals surface area contributed by atoms with Crippen LogP contribution in [0.25, 0.3) is 0 Å². The van der Waals surface area contributed by atoms with E-state index in [0.717, 1.165) is 24.8 Å². The Hall–Kier alpha value is -3.55. The number of nitrogens with zero attached hydrogens (tertiary/aromatic N) is 1. The number of urea groups is 1. The van der Waals surface area contributed by atoms with Crippen LogP contribution >= 0.6 is 0 Å². The molecule has 0 aliphatic heterocycles. The van der Waals surface area contributed by atoms with Gasteiger partial charge in [-0.05, 0) is 84.1 Å². The van der Waals surface area contributed by atoms with Crippen LogP contribution in [0.1, 0.15) is 81.9 Å². The van der Waals surface area contributed by atoms with Crippen molar-refractivity contribution < 1.29 is 29.0 Å². The Kier molecular flexibility index (Phi) is 11.0. The van der Waals surface area contributed by atoms with Crippen molar-refractivity contribution in [3.8, 4) is 11.5 Å². The van der Waals surface area contributed by atoms with Gasteiger partial charge in [0.2, 0.25) is 0 Å². The van der Waals surface area contributed by atoms with Crippen molar-refractivity contribution in [3.63, 3.8) is 0 Å². The number of carboxylic acids is 1. The number of hydrogen-bond donors (Lipinski definition) is 2. The van der Waals surface area contributed by atoms with Crippen molar-refractivity contribution in [2.24, 2.45) is 0 Å². The number of carbonyl (C=O) groups excluding carboxylic acids is 2. The van der Waals surface area contributed by atoms with Gasteiger partial charge in [0.05, 0.1) is 19.3 Å². The van der Waals surface area contributed by atoms with E-state index >= 15 is 0 Å². The number of carbonyl (C=O) groups is 3. The molecule has 202 valence electrons. The second-order valence-corrected chi connectivity index (χ2v) is 9.49. The summed E-state index contributed by atoms with van der Waals surface area (Å²) in [5.74, 6) is -0.498. The number of ether oxygens (including phenoxy) is 2. The summed E-state index contributed by atoms with van der Waals surface area (Å²) in [4.78, 5) is 39.1. The monoisotopic (exact) mass is 512 g/mol. The number of amides is 2. The van der Waals surface area contributed by atoms with Crippen LogP contribution in [0.15, 0.2) is 42.5 Å². The number of unbranched alkanes of at least 4 members (excludes halogenated alkanes) is 1. The van der Waals surface area contributed by atoms with Crippen LogP contribution in [-0.4, -0.2) is 53.1 Å². The molecule has 2 amide bonds. The van der Waals surface area contributed by atoms with E-state index in [1.165, 1.54) is 26.3 Å². The van der Waals surface area contributed by atoms with E-state index in [9.17, 15) is 19.5 Å². The van der Waals surface area contributed by atoms with Gasteiger partial charge in [-0.15, -0.1) is 0 Å². The molecule has 0 aliphatic carbocycles. The van der Waals surface area contributed by atoms with E-state index in [2.05, 4.69) is 17.4 Å². The summed E-state index contributed by atoms with van der Waals surface area (Å²) in [7, 11) is 0. The van der Waals surface area contributed by atoms with E-state index < -0.39 is 23.6 Å². The SMILES string of the molecule is CCOc1cc(C(C)N(CCCCc2ccccc2)C(=O)NC(C)(C)C(=O)O)cc(OCC)c1C(C)=O. The Bertz CT molecular complexity index is 1040. The maximum atomic E-state index is 13.4. The van der Waals surface area contributed by atoms with Gasteiger partial charge in [-0.25, -0.2) is 9.59 Å². The summed E-state index contributed by atoms with van der Waals surface area (Å²) in [6.45, 7) is 11.0. The number of benzene rings is 2. The van der Waals surface area contributed by atoms with E-state index in [0.29, 0.717) is 36.8 Å². The summed E-state index contributed by atoms with van der Waals surface area (Å²) < 4.78 is 11.6.